The minimum Gasteiger partial charge on any atom is -0.465 e. The monoisotopic (exact) mass is 636 g/mol. The van der Waals surface area contributed by atoms with Crippen molar-refractivity contribution in [1.29, 1.82) is 0 Å². The molecule has 0 aliphatic heterocycles. The molecular formula is C28H25BrF4N4O4. The molecule has 216 valence electrons. The molecular weight excluding hydrogens is 612 g/mol. The first-order valence-corrected chi connectivity index (χ1v) is 12.7. The van der Waals surface area contributed by atoms with E-state index in [1.165, 1.54) is 62.8 Å². The lowest BCUT2D eigenvalue weighted by Gasteiger charge is -2.07. The van der Waals surface area contributed by atoms with Gasteiger partial charge in [0.1, 0.15) is 34.9 Å². The molecule has 3 N–H and O–H groups in total. The van der Waals surface area contributed by atoms with Gasteiger partial charge in [-0.2, -0.15) is 0 Å². The van der Waals surface area contributed by atoms with E-state index in [-0.39, 0.29) is 23.5 Å². The van der Waals surface area contributed by atoms with E-state index in [2.05, 4.69) is 40.7 Å². The zero-order valence-electron chi connectivity index (χ0n) is 21.8. The molecule has 0 amide bonds. The first-order chi connectivity index (χ1) is 19.6. The maximum atomic E-state index is 13.8. The zero-order chi connectivity index (χ0) is 30.4. The summed E-state index contributed by atoms with van der Waals surface area (Å²) in [5.41, 5.74) is 6.41. The predicted octanol–water partition coefficient (Wildman–Crippen LogP) is 6.07. The maximum Gasteiger partial charge on any atom is 0.337 e. The average Bonchev–Trinajstić information content (AvgIpc) is 2.98. The molecule has 0 saturated carbocycles. The Hall–Kier alpha value is -4.52. The number of nitrogen functional groups attached to an aromatic ring is 1. The number of rotatable bonds is 6. The van der Waals surface area contributed by atoms with Gasteiger partial charge in [0.2, 0.25) is 0 Å². The number of pyridine rings is 2. The summed E-state index contributed by atoms with van der Waals surface area (Å²) < 4.78 is 60.5. The van der Waals surface area contributed by atoms with Crippen LogP contribution < -0.4 is 11.1 Å². The molecule has 0 atom stereocenters. The molecule has 4 aromatic rings. The van der Waals surface area contributed by atoms with E-state index in [4.69, 9.17) is 5.73 Å². The summed E-state index contributed by atoms with van der Waals surface area (Å²) in [6.07, 6.45) is 2.15. The fraction of sp³-hybridized carbons (Fsp3) is 0.143. The SMILES string of the molecule is COC(=O)c1ccc(CBr)c(F)c1.COC(=O)c1ccc(CNc2ccc(F)cn2)c(F)c1.Nc1ccc(F)cn1. The summed E-state index contributed by atoms with van der Waals surface area (Å²) >= 11 is 3.13. The summed E-state index contributed by atoms with van der Waals surface area (Å²) in [6.45, 7) is 0.173. The Bertz CT molecular complexity index is 1420. The van der Waals surface area contributed by atoms with Crippen LogP contribution in [-0.2, 0) is 21.3 Å². The van der Waals surface area contributed by atoms with E-state index in [0.29, 0.717) is 28.1 Å². The lowest BCUT2D eigenvalue weighted by atomic mass is 10.1. The number of aromatic nitrogens is 2. The first kappa shape index (κ1) is 32.7. The molecule has 8 nitrogen and oxygen atoms in total. The van der Waals surface area contributed by atoms with Gasteiger partial charge in [0.05, 0.1) is 37.7 Å². The number of ether oxygens (including phenoxy) is 2. The molecule has 0 spiro atoms. The van der Waals surface area contributed by atoms with Crippen molar-refractivity contribution in [2.75, 3.05) is 25.3 Å². The lowest BCUT2D eigenvalue weighted by molar-refractivity contribution is 0.0591. The van der Waals surface area contributed by atoms with Crippen LogP contribution in [0.5, 0.6) is 0 Å². The Morgan fingerprint density at radius 2 is 1.29 bits per heavy atom. The number of nitrogens with two attached hydrogens (primary N) is 1. The number of halogens is 5. The summed E-state index contributed by atoms with van der Waals surface area (Å²) in [7, 11) is 2.49. The second-order valence-electron chi connectivity index (χ2n) is 7.85. The Morgan fingerprint density at radius 3 is 1.68 bits per heavy atom. The number of nitrogens with one attached hydrogen (secondary N) is 1. The molecule has 0 fully saturated rings. The van der Waals surface area contributed by atoms with Crippen LogP contribution in [0.2, 0.25) is 0 Å². The van der Waals surface area contributed by atoms with Crippen LogP contribution in [-0.4, -0.2) is 36.1 Å². The molecule has 2 aromatic carbocycles. The highest BCUT2D eigenvalue weighted by Gasteiger charge is 2.10. The number of esters is 2. The minimum absolute atomic E-state index is 0.147. The third-order valence-corrected chi connectivity index (χ3v) is 5.63. The third-order valence-electron chi connectivity index (χ3n) is 5.03. The van der Waals surface area contributed by atoms with Gasteiger partial charge in [0.15, 0.2) is 0 Å². The summed E-state index contributed by atoms with van der Waals surface area (Å²) in [4.78, 5) is 29.5. The number of carbonyl (C=O) groups excluding carboxylic acids is 2. The number of alkyl halides is 1. The maximum absolute atomic E-state index is 13.8. The molecule has 0 unspecified atom stereocenters. The number of nitrogens with zero attached hydrogens (tertiary/aromatic N) is 2. The number of hydrogen-bond acceptors (Lipinski definition) is 8. The molecule has 0 bridgehead atoms. The Labute approximate surface area is 241 Å². The van der Waals surface area contributed by atoms with Gasteiger partial charge in [0, 0.05) is 17.4 Å². The fourth-order valence-electron chi connectivity index (χ4n) is 2.89. The summed E-state index contributed by atoms with van der Waals surface area (Å²) in [6, 6.07) is 13.7. The summed E-state index contributed by atoms with van der Waals surface area (Å²) in [5.74, 6) is -2.08. The number of hydrogen-bond donors (Lipinski definition) is 2. The van der Waals surface area contributed by atoms with Gasteiger partial charge in [-0.05, 0) is 54.1 Å². The topological polar surface area (TPSA) is 116 Å². The van der Waals surface area contributed by atoms with Gasteiger partial charge in [0.25, 0.3) is 0 Å². The third kappa shape index (κ3) is 10.9. The van der Waals surface area contributed by atoms with Crippen LogP contribution in [0.15, 0.2) is 73.1 Å². The van der Waals surface area contributed by atoms with Crippen LogP contribution in [0.3, 0.4) is 0 Å². The van der Waals surface area contributed by atoms with Crippen molar-refractivity contribution in [2.24, 2.45) is 0 Å². The van der Waals surface area contributed by atoms with Crippen molar-refractivity contribution in [3.63, 3.8) is 0 Å². The van der Waals surface area contributed by atoms with E-state index < -0.39 is 29.4 Å². The second kappa shape index (κ2) is 16.6. The number of benzene rings is 2. The zero-order valence-corrected chi connectivity index (χ0v) is 23.4. The Kier molecular flexibility index (Phi) is 13.2. The molecule has 0 saturated heterocycles. The van der Waals surface area contributed by atoms with Crippen molar-refractivity contribution < 1.29 is 36.6 Å². The van der Waals surface area contributed by atoms with Gasteiger partial charge in [-0.1, -0.05) is 28.1 Å². The molecule has 4 rings (SSSR count). The van der Waals surface area contributed by atoms with Gasteiger partial charge >= 0.3 is 11.9 Å². The van der Waals surface area contributed by atoms with Crippen LogP contribution in [0.1, 0.15) is 31.8 Å². The Balaban J connectivity index is 0.000000239. The van der Waals surface area contributed by atoms with E-state index in [9.17, 15) is 27.2 Å². The molecule has 0 aliphatic carbocycles. The predicted molar refractivity (Wildman–Crippen MR) is 148 cm³/mol. The van der Waals surface area contributed by atoms with E-state index in [1.54, 1.807) is 6.07 Å². The highest BCUT2D eigenvalue weighted by atomic mass is 79.9. The van der Waals surface area contributed by atoms with E-state index in [0.717, 1.165) is 18.5 Å². The van der Waals surface area contributed by atoms with Crippen molar-refractivity contribution in [3.05, 3.63) is 119 Å². The molecule has 0 aliphatic rings. The van der Waals surface area contributed by atoms with Crippen molar-refractivity contribution >= 4 is 39.5 Å². The van der Waals surface area contributed by atoms with E-state index >= 15 is 0 Å². The fourth-order valence-corrected chi connectivity index (χ4v) is 3.34. The molecule has 13 heteroatoms. The van der Waals surface area contributed by atoms with Gasteiger partial charge in [-0.25, -0.2) is 37.1 Å². The van der Waals surface area contributed by atoms with Crippen LogP contribution in [0, 0.1) is 23.3 Å². The Morgan fingerprint density at radius 1 is 0.780 bits per heavy atom. The van der Waals surface area contributed by atoms with Crippen LogP contribution >= 0.6 is 15.9 Å². The number of anilines is 2. The largest absolute Gasteiger partial charge is 0.465 e. The normalized spacial score (nSPS) is 9.83. The van der Waals surface area contributed by atoms with Crippen molar-refractivity contribution in [2.45, 2.75) is 11.9 Å². The standard InChI is InChI=1S/C14H12F2N2O2.C9H8BrFO2.C5H5FN2/c1-20-14(19)9-2-3-10(12(16)6-9)7-17-13-5-4-11(15)8-18-13;1-13-9(12)6-2-3-7(5-10)8(11)4-6;6-4-1-2-5(7)8-3-4/h2-6,8H,7H2,1H3,(H,17,18);2-4H,5H2,1H3;1-3H,(H2,7,8). The molecule has 41 heavy (non-hydrogen) atoms. The highest BCUT2D eigenvalue weighted by Crippen LogP contribution is 2.15. The van der Waals surface area contributed by atoms with E-state index in [1.807, 2.05) is 0 Å². The second-order valence-corrected chi connectivity index (χ2v) is 8.41. The molecule has 2 aromatic heterocycles. The quantitative estimate of drug-likeness (QED) is 0.149. The molecule has 0 radical (unpaired) electrons. The average molecular weight is 637 g/mol. The minimum atomic E-state index is -0.594. The first-order valence-electron chi connectivity index (χ1n) is 11.6. The highest BCUT2D eigenvalue weighted by molar-refractivity contribution is 9.08. The molecule has 2 heterocycles. The van der Waals surface area contributed by atoms with Gasteiger partial charge < -0.3 is 20.5 Å². The van der Waals surface area contributed by atoms with Gasteiger partial charge in [-0.15, -0.1) is 0 Å². The van der Waals surface area contributed by atoms with Crippen molar-refractivity contribution in [1.82, 2.24) is 9.97 Å². The summed E-state index contributed by atoms with van der Waals surface area (Å²) in [5, 5.41) is 3.29. The van der Waals surface area contributed by atoms with Crippen molar-refractivity contribution in [3.8, 4) is 0 Å². The van der Waals surface area contributed by atoms with Gasteiger partial charge in [-0.3, -0.25) is 0 Å². The lowest BCUT2D eigenvalue weighted by Crippen LogP contribution is -2.06. The number of carbonyl (C=O) groups is 2. The smallest absolute Gasteiger partial charge is 0.337 e. The number of methoxy groups -OCH3 is 2. The van der Waals surface area contributed by atoms with Crippen LogP contribution in [0.4, 0.5) is 29.2 Å². The van der Waals surface area contributed by atoms with Crippen LogP contribution in [0.25, 0.3) is 0 Å².